The average molecular weight is 206 g/mol. The lowest BCUT2D eigenvalue weighted by atomic mass is 9.97. The van der Waals surface area contributed by atoms with Crippen molar-refractivity contribution in [3.8, 4) is 0 Å². The number of aryl methyl sites for hydroxylation is 2. The van der Waals surface area contributed by atoms with E-state index in [9.17, 15) is 4.79 Å². The van der Waals surface area contributed by atoms with Crippen molar-refractivity contribution >= 4 is 5.78 Å². The molecule has 1 fully saturated rings. The Hall–Kier alpha value is -1.12. The monoisotopic (exact) mass is 206 g/mol. The molecule has 3 nitrogen and oxygen atoms in total. The Bertz CT molecular complexity index is 362. The highest BCUT2D eigenvalue weighted by atomic mass is 16.1. The van der Waals surface area contributed by atoms with Gasteiger partial charge in [0.05, 0.1) is 11.3 Å². The normalized spacial score (nSPS) is 17.2. The van der Waals surface area contributed by atoms with Gasteiger partial charge in [0, 0.05) is 19.7 Å². The molecule has 1 saturated carbocycles. The van der Waals surface area contributed by atoms with Crippen molar-refractivity contribution in [2.45, 2.75) is 39.0 Å². The van der Waals surface area contributed by atoms with E-state index in [0.29, 0.717) is 12.3 Å². The van der Waals surface area contributed by atoms with Crippen LogP contribution in [0.1, 0.15) is 48.2 Å². The van der Waals surface area contributed by atoms with Gasteiger partial charge in [-0.1, -0.05) is 25.7 Å². The minimum Gasteiger partial charge on any atom is -0.294 e. The van der Waals surface area contributed by atoms with Gasteiger partial charge < -0.3 is 0 Å². The zero-order valence-electron chi connectivity index (χ0n) is 9.49. The summed E-state index contributed by atoms with van der Waals surface area (Å²) in [6.45, 7) is 1.90. The number of rotatable bonds is 3. The van der Waals surface area contributed by atoms with E-state index in [0.717, 1.165) is 11.3 Å². The maximum atomic E-state index is 12.0. The first kappa shape index (κ1) is 10.4. The molecular formula is C12H18N2O. The van der Waals surface area contributed by atoms with Crippen molar-refractivity contribution in [1.82, 2.24) is 9.78 Å². The molecule has 15 heavy (non-hydrogen) atoms. The topological polar surface area (TPSA) is 34.9 Å². The Balaban J connectivity index is 2.03. The summed E-state index contributed by atoms with van der Waals surface area (Å²) in [4.78, 5) is 12.0. The first-order valence-corrected chi connectivity index (χ1v) is 5.70. The van der Waals surface area contributed by atoms with Crippen molar-refractivity contribution in [3.63, 3.8) is 0 Å². The highest BCUT2D eigenvalue weighted by molar-refractivity contribution is 5.97. The van der Waals surface area contributed by atoms with Crippen molar-refractivity contribution in [2.75, 3.05) is 0 Å². The molecule has 0 aliphatic heterocycles. The molecule has 1 aromatic rings. The Morgan fingerprint density at radius 1 is 1.53 bits per heavy atom. The number of aromatic nitrogens is 2. The molecule has 0 saturated heterocycles. The number of Topliss-reactive ketones (excluding diaryl/α,β-unsaturated/α-hetero) is 1. The predicted molar refractivity (Wildman–Crippen MR) is 58.9 cm³/mol. The van der Waals surface area contributed by atoms with E-state index in [1.165, 1.54) is 25.7 Å². The van der Waals surface area contributed by atoms with Crippen LogP contribution in [0.3, 0.4) is 0 Å². The molecule has 3 heteroatoms. The van der Waals surface area contributed by atoms with Gasteiger partial charge in [-0.05, 0) is 12.8 Å². The molecule has 1 heterocycles. The Morgan fingerprint density at radius 3 is 2.73 bits per heavy atom. The second-order valence-corrected chi connectivity index (χ2v) is 4.58. The van der Waals surface area contributed by atoms with Gasteiger partial charge in [-0.15, -0.1) is 0 Å². The highest BCUT2D eigenvalue weighted by Gasteiger charge is 2.21. The van der Waals surface area contributed by atoms with Crippen LogP contribution in [0.4, 0.5) is 0 Å². The summed E-state index contributed by atoms with van der Waals surface area (Å²) in [5.41, 5.74) is 1.67. The number of carbonyl (C=O) groups is 1. The molecular weight excluding hydrogens is 188 g/mol. The SMILES string of the molecule is Cc1nn(C)cc1C(=O)CC1CCCC1. The molecule has 1 aliphatic carbocycles. The van der Waals surface area contributed by atoms with Gasteiger partial charge in [0.1, 0.15) is 0 Å². The van der Waals surface area contributed by atoms with Crippen molar-refractivity contribution < 1.29 is 4.79 Å². The predicted octanol–water partition coefficient (Wildman–Crippen LogP) is 2.49. The largest absolute Gasteiger partial charge is 0.294 e. The van der Waals surface area contributed by atoms with Gasteiger partial charge in [0.15, 0.2) is 5.78 Å². The molecule has 0 unspecified atom stereocenters. The molecule has 0 atom stereocenters. The van der Waals surface area contributed by atoms with Crippen LogP contribution in [0.5, 0.6) is 0 Å². The molecule has 1 aliphatic rings. The molecule has 0 bridgehead atoms. The smallest absolute Gasteiger partial charge is 0.166 e. The molecule has 0 amide bonds. The molecule has 0 N–H and O–H groups in total. The number of nitrogens with zero attached hydrogens (tertiary/aromatic N) is 2. The zero-order valence-corrected chi connectivity index (χ0v) is 9.49. The summed E-state index contributed by atoms with van der Waals surface area (Å²) in [7, 11) is 1.86. The van der Waals surface area contributed by atoms with Gasteiger partial charge in [-0.2, -0.15) is 5.10 Å². The summed E-state index contributed by atoms with van der Waals surface area (Å²) in [6.07, 6.45) is 7.60. The average Bonchev–Trinajstić information content (AvgIpc) is 2.75. The van der Waals surface area contributed by atoms with Gasteiger partial charge in [0.2, 0.25) is 0 Å². The zero-order chi connectivity index (χ0) is 10.8. The Kier molecular flexibility index (Phi) is 2.89. The fourth-order valence-electron chi connectivity index (χ4n) is 2.46. The van der Waals surface area contributed by atoms with Crippen molar-refractivity contribution in [1.29, 1.82) is 0 Å². The third kappa shape index (κ3) is 2.28. The minimum absolute atomic E-state index is 0.271. The quantitative estimate of drug-likeness (QED) is 0.712. The fourth-order valence-corrected chi connectivity index (χ4v) is 2.46. The van der Waals surface area contributed by atoms with Crippen LogP contribution < -0.4 is 0 Å². The number of carbonyl (C=O) groups excluding carboxylic acids is 1. The third-order valence-electron chi connectivity index (χ3n) is 3.26. The lowest BCUT2D eigenvalue weighted by Crippen LogP contribution is -2.06. The summed E-state index contributed by atoms with van der Waals surface area (Å²) in [5.74, 6) is 0.893. The summed E-state index contributed by atoms with van der Waals surface area (Å²) in [5, 5.41) is 4.20. The number of hydrogen-bond donors (Lipinski definition) is 0. The lowest BCUT2D eigenvalue weighted by Gasteiger charge is -2.06. The van der Waals surface area contributed by atoms with Crippen LogP contribution >= 0.6 is 0 Å². The van der Waals surface area contributed by atoms with Gasteiger partial charge in [-0.3, -0.25) is 9.48 Å². The maximum absolute atomic E-state index is 12.0. The summed E-state index contributed by atoms with van der Waals surface area (Å²) < 4.78 is 1.72. The van der Waals surface area contributed by atoms with Crippen LogP contribution in [0.15, 0.2) is 6.20 Å². The van der Waals surface area contributed by atoms with Gasteiger partial charge in [0.25, 0.3) is 0 Å². The fraction of sp³-hybridized carbons (Fsp3) is 0.667. The van der Waals surface area contributed by atoms with E-state index in [1.54, 1.807) is 4.68 Å². The molecule has 0 aromatic carbocycles. The summed E-state index contributed by atoms with van der Waals surface area (Å²) in [6, 6.07) is 0. The number of ketones is 1. The van der Waals surface area contributed by atoms with Gasteiger partial charge in [-0.25, -0.2) is 0 Å². The van der Waals surface area contributed by atoms with Crippen LogP contribution in [-0.4, -0.2) is 15.6 Å². The molecule has 2 rings (SSSR count). The lowest BCUT2D eigenvalue weighted by molar-refractivity contribution is 0.0961. The third-order valence-corrected chi connectivity index (χ3v) is 3.26. The van der Waals surface area contributed by atoms with Crippen molar-refractivity contribution in [2.24, 2.45) is 13.0 Å². The van der Waals surface area contributed by atoms with Crippen LogP contribution in [-0.2, 0) is 7.05 Å². The van der Waals surface area contributed by atoms with Crippen LogP contribution in [0, 0.1) is 12.8 Å². The second kappa shape index (κ2) is 4.17. The first-order valence-electron chi connectivity index (χ1n) is 5.70. The van der Waals surface area contributed by atoms with E-state index in [-0.39, 0.29) is 5.78 Å². The molecule has 0 radical (unpaired) electrons. The van der Waals surface area contributed by atoms with E-state index in [4.69, 9.17) is 0 Å². The van der Waals surface area contributed by atoms with Crippen LogP contribution in [0.2, 0.25) is 0 Å². The first-order chi connectivity index (χ1) is 7.16. The van der Waals surface area contributed by atoms with Crippen LogP contribution in [0.25, 0.3) is 0 Å². The molecule has 0 spiro atoms. The van der Waals surface area contributed by atoms with Gasteiger partial charge >= 0.3 is 0 Å². The van der Waals surface area contributed by atoms with E-state index in [2.05, 4.69) is 5.10 Å². The second-order valence-electron chi connectivity index (χ2n) is 4.58. The van der Waals surface area contributed by atoms with E-state index >= 15 is 0 Å². The molecule has 82 valence electrons. The minimum atomic E-state index is 0.271. The highest BCUT2D eigenvalue weighted by Crippen LogP contribution is 2.28. The summed E-state index contributed by atoms with van der Waals surface area (Å²) >= 11 is 0. The van der Waals surface area contributed by atoms with E-state index < -0.39 is 0 Å². The van der Waals surface area contributed by atoms with Crippen molar-refractivity contribution in [3.05, 3.63) is 17.5 Å². The Labute approximate surface area is 90.5 Å². The van der Waals surface area contributed by atoms with E-state index in [1.807, 2.05) is 20.2 Å². The molecule has 1 aromatic heterocycles. The number of hydrogen-bond acceptors (Lipinski definition) is 2. The standard InChI is InChI=1S/C12H18N2O/c1-9-11(8-14(2)13-9)12(15)7-10-5-3-4-6-10/h8,10H,3-7H2,1-2H3. The maximum Gasteiger partial charge on any atom is 0.166 e. The Morgan fingerprint density at radius 2 is 2.20 bits per heavy atom.